The van der Waals surface area contributed by atoms with Gasteiger partial charge in [-0.05, 0) is 18.6 Å². The molecule has 1 heterocycles. The Labute approximate surface area is 87.1 Å². The summed E-state index contributed by atoms with van der Waals surface area (Å²) in [5.41, 5.74) is 2.73. The van der Waals surface area contributed by atoms with Gasteiger partial charge in [0.15, 0.2) is 0 Å². The minimum Gasteiger partial charge on any atom is -0.481 e. The molecule has 0 unspecified atom stereocenters. The van der Waals surface area contributed by atoms with E-state index in [4.69, 9.17) is 5.11 Å². The van der Waals surface area contributed by atoms with Gasteiger partial charge >= 0.3 is 5.97 Å². The molecule has 0 saturated heterocycles. The van der Waals surface area contributed by atoms with E-state index in [0.29, 0.717) is 0 Å². The molecule has 15 heavy (non-hydrogen) atoms. The van der Waals surface area contributed by atoms with Crippen molar-refractivity contribution < 1.29 is 9.90 Å². The second-order valence-electron chi connectivity index (χ2n) is 3.63. The van der Waals surface area contributed by atoms with Gasteiger partial charge in [-0.25, -0.2) is 0 Å². The lowest BCUT2D eigenvalue weighted by atomic mass is 10.1. The Kier molecular flexibility index (Phi) is 2.19. The molecule has 4 nitrogen and oxygen atoms in total. The monoisotopic (exact) mass is 204 g/mol. The van der Waals surface area contributed by atoms with Gasteiger partial charge in [0.2, 0.25) is 0 Å². The van der Waals surface area contributed by atoms with Crippen molar-refractivity contribution >= 4 is 16.9 Å². The lowest BCUT2D eigenvalue weighted by Crippen LogP contribution is -1.99. The average molecular weight is 204 g/mol. The molecule has 0 aliphatic heterocycles. The van der Waals surface area contributed by atoms with Gasteiger partial charge in [0.1, 0.15) is 0 Å². The molecule has 0 amide bonds. The summed E-state index contributed by atoms with van der Waals surface area (Å²) in [6.45, 7) is 1.99. The van der Waals surface area contributed by atoms with Crippen LogP contribution in [0.1, 0.15) is 11.3 Å². The molecule has 0 atom stereocenters. The fourth-order valence-electron chi connectivity index (χ4n) is 1.66. The number of nitrogens with zero attached hydrogens (tertiary/aromatic N) is 2. The van der Waals surface area contributed by atoms with Crippen LogP contribution in [0.25, 0.3) is 10.9 Å². The molecule has 2 aromatic rings. The van der Waals surface area contributed by atoms with Crippen LogP contribution in [-0.4, -0.2) is 20.9 Å². The van der Waals surface area contributed by atoms with Crippen LogP contribution >= 0.6 is 0 Å². The molecule has 0 aliphatic rings. The van der Waals surface area contributed by atoms with E-state index in [1.807, 2.05) is 32.2 Å². The molecule has 78 valence electrons. The van der Waals surface area contributed by atoms with Crippen molar-refractivity contribution in [2.45, 2.75) is 13.3 Å². The van der Waals surface area contributed by atoms with Crippen molar-refractivity contribution in [2.75, 3.05) is 0 Å². The van der Waals surface area contributed by atoms with Gasteiger partial charge in [0, 0.05) is 18.1 Å². The van der Waals surface area contributed by atoms with Crippen molar-refractivity contribution in [1.29, 1.82) is 0 Å². The minimum absolute atomic E-state index is 0.0472. The lowest BCUT2D eigenvalue weighted by molar-refractivity contribution is -0.136. The molecular weight excluding hydrogens is 192 g/mol. The molecule has 1 N–H and O–H groups in total. The number of hydrogen-bond acceptors (Lipinski definition) is 2. The molecule has 1 aromatic carbocycles. The van der Waals surface area contributed by atoms with Gasteiger partial charge in [0.05, 0.1) is 11.9 Å². The Morgan fingerprint density at radius 2 is 2.27 bits per heavy atom. The SMILES string of the molecule is Cc1c2ccc(CC(=O)O)cc2nn1C. The largest absolute Gasteiger partial charge is 0.481 e. The maximum Gasteiger partial charge on any atom is 0.307 e. The van der Waals surface area contributed by atoms with E-state index in [0.717, 1.165) is 22.2 Å². The summed E-state index contributed by atoms with van der Waals surface area (Å²) in [6, 6.07) is 5.59. The summed E-state index contributed by atoms with van der Waals surface area (Å²) >= 11 is 0. The van der Waals surface area contributed by atoms with E-state index < -0.39 is 5.97 Å². The van der Waals surface area contributed by atoms with E-state index in [1.54, 1.807) is 4.68 Å². The van der Waals surface area contributed by atoms with Crippen molar-refractivity contribution in [3.8, 4) is 0 Å². The minimum atomic E-state index is -0.818. The summed E-state index contributed by atoms with van der Waals surface area (Å²) in [7, 11) is 1.88. The zero-order chi connectivity index (χ0) is 11.0. The second kappa shape index (κ2) is 3.38. The van der Waals surface area contributed by atoms with Crippen LogP contribution in [-0.2, 0) is 18.3 Å². The molecule has 2 rings (SSSR count). The highest BCUT2D eigenvalue weighted by Crippen LogP contribution is 2.18. The molecule has 4 heteroatoms. The molecule has 0 fully saturated rings. The number of benzene rings is 1. The standard InChI is InChI=1S/C11H12N2O2/c1-7-9-4-3-8(6-11(14)15)5-10(9)12-13(7)2/h3-5H,6H2,1-2H3,(H,14,15). The predicted molar refractivity (Wildman–Crippen MR) is 56.8 cm³/mol. The summed E-state index contributed by atoms with van der Waals surface area (Å²) in [5.74, 6) is -0.818. The van der Waals surface area contributed by atoms with E-state index >= 15 is 0 Å². The van der Waals surface area contributed by atoms with Gasteiger partial charge in [-0.15, -0.1) is 0 Å². The topological polar surface area (TPSA) is 55.1 Å². The first-order valence-electron chi connectivity index (χ1n) is 4.72. The fourth-order valence-corrected chi connectivity index (χ4v) is 1.66. The van der Waals surface area contributed by atoms with E-state index in [-0.39, 0.29) is 6.42 Å². The average Bonchev–Trinajstić information content (AvgIpc) is 2.41. The van der Waals surface area contributed by atoms with E-state index in [2.05, 4.69) is 5.10 Å². The van der Waals surface area contributed by atoms with Crippen LogP contribution in [0.5, 0.6) is 0 Å². The number of fused-ring (bicyclic) bond motifs is 1. The highest BCUT2D eigenvalue weighted by molar-refractivity contribution is 5.83. The van der Waals surface area contributed by atoms with Crippen LogP contribution in [0.15, 0.2) is 18.2 Å². The number of rotatable bonds is 2. The normalized spacial score (nSPS) is 10.8. The Morgan fingerprint density at radius 1 is 1.53 bits per heavy atom. The van der Waals surface area contributed by atoms with Gasteiger partial charge < -0.3 is 5.11 Å². The van der Waals surface area contributed by atoms with Crippen LogP contribution in [0.4, 0.5) is 0 Å². The first-order valence-corrected chi connectivity index (χ1v) is 4.72. The Balaban J connectivity index is 2.52. The van der Waals surface area contributed by atoms with Gasteiger partial charge in [-0.2, -0.15) is 5.10 Å². The molecule has 0 aliphatic carbocycles. The fraction of sp³-hybridized carbons (Fsp3) is 0.273. The number of carboxylic acids is 1. The number of carboxylic acid groups (broad SMARTS) is 1. The highest BCUT2D eigenvalue weighted by Gasteiger charge is 2.06. The Hall–Kier alpha value is -1.84. The third-order valence-electron chi connectivity index (χ3n) is 2.55. The zero-order valence-electron chi connectivity index (χ0n) is 8.69. The summed E-state index contributed by atoms with van der Waals surface area (Å²) < 4.78 is 1.80. The number of aliphatic carboxylic acids is 1. The highest BCUT2D eigenvalue weighted by atomic mass is 16.4. The van der Waals surface area contributed by atoms with Crippen molar-refractivity contribution in [3.05, 3.63) is 29.5 Å². The number of aromatic nitrogens is 2. The smallest absolute Gasteiger partial charge is 0.307 e. The number of aryl methyl sites for hydroxylation is 2. The molecule has 0 spiro atoms. The van der Waals surface area contributed by atoms with Crippen molar-refractivity contribution in [3.63, 3.8) is 0 Å². The van der Waals surface area contributed by atoms with Crippen LogP contribution < -0.4 is 0 Å². The van der Waals surface area contributed by atoms with E-state index in [9.17, 15) is 4.79 Å². The maximum absolute atomic E-state index is 10.6. The van der Waals surface area contributed by atoms with Crippen molar-refractivity contribution in [1.82, 2.24) is 9.78 Å². The third-order valence-corrected chi connectivity index (χ3v) is 2.55. The molecule has 1 aromatic heterocycles. The van der Waals surface area contributed by atoms with Crippen molar-refractivity contribution in [2.24, 2.45) is 7.05 Å². The third kappa shape index (κ3) is 1.70. The number of hydrogen-bond donors (Lipinski definition) is 1. The van der Waals surface area contributed by atoms with Gasteiger partial charge in [-0.1, -0.05) is 12.1 Å². The summed E-state index contributed by atoms with van der Waals surface area (Å²) in [6.07, 6.45) is 0.0472. The summed E-state index contributed by atoms with van der Waals surface area (Å²) in [5, 5.41) is 14.1. The predicted octanol–water partition coefficient (Wildman–Crippen LogP) is 1.51. The second-order valence-corrected chi connectivity index (χ2v) is 3.63. The maximum atomic E-state index is 10.6. The summed E-state index contributed by atoms with van der Waals surface area (Å²) in [4.78, 5) is 10.6. The molecule has 0 saturated carbocycles. The molecule has 0 bridgehead atoms. The Bertz CT molecular complexity index is 529. The lowest BCUT2D eigenvalue weighted by Gasteiger charge is -1.96. The zero-order valence-corrected chi connectivity index (χ0v) is 8.69. The first kappa shape index (κ1) is 9.71. The van der Waals surface area contributed by atoms with Crippen LogP contribution in [0.2, 0.25) is 0 Å². The first-order chi connectivity index (χ1) is 7.08. The Morgan fingerprint density at radius 3 is 2.93 bits per heavy atom. The number of carbonyl (C=O) groups is 1. The van der Waals surface area contributed by atoms with E-state index in [1.165, 1.54) is 0 Å². The van der Waals surface area contributed by atoms with Gasteiger partial charge in [-0.3, -0.25) is 9.48 Å². The quantitative estimate of drug-likeness (QED) is 0.806. The van der Waals surface area contributed by atoms with Crippen LogP contribution in [0, 0.1) is 6.92 Å². The molecule has 0 radical (unpaired) electrons. The van der Waals surface area contributed by atoms with Gasteiger partial charge in [0.25, 0.3) is 0 Å². The van der Waals surface area contributed by atoms with Crippen LogP contribution in [0.3, 0.4) is 0 Å². The molecular formula is C11H12N2O2.